The average Bonchev–Trinajstić information content (AvgIpc) is 3.20. The summed E-state index contributed by atoms with van der Waals surface area (Å²) in [5.41, 5.74) is 5.33. The summed E-state index contributed by atoms with van der Waals surface area (Å²) in [5, 5.41) is 4.79. The Hall–Kier alpha value is -2.24. The molecule has 2 aromatic carbocycles. The zero-order chi connectivity index (χ0) is 23.5. The van der Waals surface area contributed by atoms with E-state index in [2.05, 4.69) is 55.8 Å². The summed E-state index contributed by atoms with van der Waals surface area (Å²) in [5.74, 6) is 1.59. The molecule has 0 spiro atoms. The molecule has 3 aromatic rings. The Bertz CT molecular complexity index is 1120. The average molecular weight is 482 g/mol. The minimum Gasteiger partial charge on any atom is -0.352 e. The number of hydrogen-bond donors (Lipinski definition) is 1. The number of nitrogens with one attached hydrogen (secondary N) is 1. The summed E-state index contributed by atoms with van der Waals surface area (Å²) < 4.78 is 2.10. The SMILES string of the molecule is Cc1ccc(-n2cc(-c3ccc(Cl)cc3)nc2SCC(=O)N[C@@H]2CCC[C@H](C)[C@H]2C)c(C)c1. The second-order valence-electron chi connectivity index (χ2n) is 9.31. The van der Waals surface area contributed by atoms with Crippen molar-refractivity contribution in [3.63, 3.8) is 0 Å². The summed E-state index contributed by atoms with van der Waals surface area (Å²) in [6, 6.07) is 14.4. The topological polar surface area (TPSA) is 46.9 Å². The Morgan fingerprint density at radius 3 is 2.64 bits per heavy atom. The lowest BCUT2D eigenvalue weighted by Crippen LogP contribution is -2.44. The lowest BCUT2D eigenvalue weighted by atomic mass is 9.78. The molecule has 0 aliphatic heterocycles. The first-order valence-electron chi connectivity index (χ1n) is 11.7. The summed E-state index contributed by atoms with van der Waals surface area (Å²) in [6.45, 7) is 8.75. The second-order valence-corrected chi connectivity index (χ2v) is 10.7. The molecule has 4 nitrogen and oxygen atoms in total. The van der Waals surface area contributed by atoms with E-state index >= 15 is 0 Å². The third-order valence-electron chi connectivity index (χ3n) is 6.81. The van der Waals surface area contributed by atoms with Crippen LogP contribution in [0.15, 0.2) is 53.8 Å². The highest BCUT2D eigenvalue weighted by Crippen LogP contribution is 2.31. The van der Waals surface area contributed by atoms with Gasteiger partial charge >= 0.3 is 0 Å². The van der Waals surface area contributed by atoms with E-state index in [1.54, 1.807) is 0 Å². The van der Waals surface area contributed by atoms with Crippen LogP contribution in [0.25, 0.3) is 16.9 Å². The van der Waals surface area contributed by atoms with Crippen LogP contribution in [0.2, 0.25) is 5.02 Å². The molecule has 1 aliphatic carbocycles. The van der Waals surface area contributed by atoms with E-state index in [0.717, 1.165) is 28.5 Å². The highest BCUT2D eigenvalue weighted by molar-refractivity contribution is 7.99. The van der Waals surface area contributed by atoms with Crippen molar-refractivity contribution in [2.45, 2.75) is 58.2 Å². The van der Waals surface area contributed by atoms with E-state index in [9.17, 15) is 4.79 Å². The molecule has 1 heterocycles. The van der Waals surface area contributed by atoms with Crippen LogP contribution >= 0.6 is 23.4 Å². The van der Waals surface area contributed by atoms with E-state index in [-0.39, 0.29) is 11.9 Å². The Kier molecular flexibility index (Phi) is 7.50. The van der Waals surface area contributed by atoms with Gasteiger partial charge < -0.3 is 5.32 Å². The van der Waals surface area contributed by atoms with Gasteiger partial charge in [-0.25, -0.2) is 4.98 Å². The largest absolute Gasteiger partial charge is 0.352 e. The van der Waals surface area contributed by atoms with Gasteiger partial charge in [-0.15, -0.1) is 0 Å². The summed E-state index contributed by atoms with van der Waals surface area (Å²) in [7, 11) is 0. The van der Waals surface area contributed by atoms with Crippen LogP contribution in [0.1, 0.15) is 44.2 Å². The van der Waals surface area contributed by atoms with Crippen molar-refractivity contribution in [2.75, 3.05) is 5.75 Å². The fourth-order valence-electron chi connectivity index (χ4n) is 4.64. The molecule has 1 aliphatic rings. The van der Waals surface area contributed by atoms with Gasteiger partial charge in [0.2, 0.25) is 5.91 Å². The zero-order valence-electron chi connectivity index (χ0n) is 19.8. The fraction of sp³-hybridized carbons (Fsp3) is 0.407. The van der Waals surface area contributed by atoms with Gasteiger partial charge in [0.25, 0.3) is 0 Å². The maximum Gasteiger partial charge on any atom is 0.230 e. The number of benzene rings is 2. The second kappa shape index (κ2) is 10.4. The van der Waals surface area contributed by atoms with Crippen LogP contribution in [-0.4, -0.2) is 27.3 Å². The molecule has 6 heteroatoms. The first-order valence-corrected chi connectivity index (χ1v) is 13.0. The molecule has 33 heavy (non-hydrogen) atoms. The number of carbonyl (C=O) groups excluding carboxylic acids is 1. The van der Waals surface area contributed by atoms with Gasteiger partial charge in [-0.1, -0.05) is 79.9 Å². The third-order valence-corrected chi connectivity index (χ3v) is 8.02. The number of aromatic nitrogens is 2. The smallest absolute Gasteiger partial charge is 0.230 e. The molecule has 0 radical (unpaired) electrons. The molecule has 3 atom stereocenters. The standard InChI is InChI=1S/C27H32ClN3OS/c1-17-8-13-25(19(3)14-17)31-15-24(21-9-11-22(28)12-10-21)30-27(31)33-16-26(32)29-23-7-5-6-18(2)20(23)4/h8-15,18,20,23H,5-7,16H2,1-4H3,(H,29,32)/t18-,20+,23+/m0/s1. The van der Waals surface area contributed by atoms with Crippen LogP contribution in [0.5, 0.6) is 0 Å². The van der Waals surface area contributed by atoms with E-state index < -0.39 is 0 Å². The van der Waals surface area contributed by atoms with Crippen molar-refractivity contribution >= 4 is 29.3 Å². The van der Waals surface area contributed by atoms with Gasteiger partial charge in [0.15, 0.2) is 5.16 Å². The van der Waals surface area contributed by atoms with Crippen LogP contribution in [0, 0.1) is 25.7 Å². The normalized spacial score (nSPS) is 20.6. The van der Waals surface area contributed by atoms with Crippen molar-refractivity contribution < 1.29 is 4.79 Å². The van der Waals surface area contributed by atoms with E-state index in [4.69, 9.17) is 16.6 Å². The quantitative estimate of drug-likeness (QED) is 0.392. The van der Waals surface area contributed by atoms with Crippen LogP contribution < -0.4 is 5.32 Å². The predicted molar refractivity (Wildman–Crippen MR) is 138 cm³/mol. The molecule has 4 rings (SSSR count). The van der Waals surface area contributed by atoms with Gasteiger partial charge in [0.05, 0.1) is 17.1 Å². The number of halogens is 1. The number of rotatable bonds is 6. The fourth-order valence-corrected chi connectivity index (χ4v) is 5.56. The van der Waals surface area contributed by atoms with E-state index in [1.807, 2.05) is 30.5 Å². The maximum atomic E-state index is 12.8. The Balaban J connectivity index is 1.56. The number of nitrogens with zero attached hydrogens (tertiary/aromatic N) is 2. The Morgan fingerprint density at radius 2 is 1.91 bits per heavy atom. The highest BCUT2D eigenvalue weighted by Gasteiger charge is 2.28. The lowest BCUT2D eigenvalue weighted by Gasteiger charge is -2.34. The minimum atomic E-state index is 0.0779. The highest BCUT2D eigenvalue weighted by atomic mass is 35.5. The molecule has 174 valence electrons. The molecule has 1 fully saturated rings. The third kappa shape index (κ3) is 5.64. The lowest BCUT2D eigenvalue weighted by molar-refractivity contribution is -0.120. The monoisotopic (exact) mass is 481 g/mol. The molecule has 1 N–H and O–H groups in total. The molecule has 0 saturated heterocycles. The zero-order valence-corrected chi connectivity index (χ0v) is 21.3. The van der Waals surface area contributed by atoms with Gasteiger partial charge in [-0.05, 0) is 55.9 Å². The van der Waals surface area contributed by atoms with Gasteiger partial charge in [0.1, 0.15) is 0 Å². The summed E-state index contributed by atoms with van der Waals surface area (Å²) >= 11 is 7.56. The predicted octanol–water partition coefficient (Wildman–Crippen LogP) is 6.84. The molecule has 1 saturated carbocycles. The summed E-state index contributed by atoms with van der Waals surface area (Å²) in [6.07, 6.45) is 5.56. The van der Waals surface area contributed by atoms with Crippen molar-refractivity contribution in [1.82, 2.24) is 14.9 Å². The first kappa shape index (κ1) is 23.9. The molecule has 0 unspecified atom stereocenters. The van der Waals surface area contributed by atoms with Gasteiger partial charge in [-0.2, -0.15) is 0 Å². The molecule has 1 aromatic heterocycles. The van der Waals surface area contributed by atoms with Gasteiger partial charge in [-0.3, -0.25) is 9.36 Å². The Labute approximate surface area is 206 Å². The number of imidazole rings is 1. The Morgan fingerprint density at radius 1 is 1.15 bits per heavy atom. The first-order chi connectivity index (χ1) is 15.8. The number of hydrogen-bond acceptors (Lipinski definition) is 3. The number of aryl methyl sites for hydroxylation is 2. The number of amides is 1. The number of carbonyl (C=O) groups is 1. The maximum absolute atomic E-state index is 12.8. The summed E-state index contributed by atoms with van der Waals surface area (Å²) in [4.78, 5) is 17.7. The van der Waals surface area contributed by atoms with Crippen molar-refractivity contribution in [2.24, 2.45) is 11.8 Å². The molecular formula is C27H32ClN3OS. The molecule has 1 amide bonds. The van der Waals surface area contributed by atoms with E-state index in [1.165, 1.54) is 35.7 Å². The van der Waals surface area contributed by atoms with Crippen molar-refractivity contribution in [3.05, 3.63) is 64.8 Å². The number of thioether (sulfide) groups is 1. The van der Waals surface area contributed by atoms with Crippen LogP contribution in [0.4, 0.5) is 0 Å². The van der Waals surface area contributed by atoms with Crippen LogP contribution in [-0.2, 0) is 4.79 Å². The molecular weight excluding hydrogens is 450 g/mol. The van der Waals surface area contributed by atoms with Crippen molar-refractivity contribution in [3.8, 4) is 16.9 Å². The van der Waals surface area contributed by atoms with Gasteiger partial charge in [0, 0.05) is 22.8 Å². The minimum absolute atomic E-state index is 0.0779. The molecule has 0 bridgehead atoms. The van der Waals surface area contributed by atoms with Crippen molar-refractivity contribution in [1.29, 1.82) is 0 Å². The van der Waals surface area contributed by atoms with Crippen LogP contribution in [0.3, 0.4) is 0 Å². The van der Waals surface area contributed by atoms with E-state index in [0.29, 0.717) is 22.6 Å².